The van der Waals surface area contributed by atoms with Gasteiger partial charge in [-0.3, -0.25) is 4.79 Å². The van der Waals surface area contributed by atoms with E-state index in [1.807, 2.05) is 0 Å². The van der Waals surface area contributed by atoms with E-state index in [0.29, 0.717) is 21.4 Å². The van der Waals surface area contributed by atoms with Crippen molar-refractivity contribution in [2.24, 2.45) is 0 Å². The van der Waals surface area contributed by atoms with Crippen molar-refractivity contribution in [3.8, 4) is 0 Å². The summed E-state index contributed by atoms with van der Waals surface area (Å²) in [6.07, 6.45) is 0. The summed E-state index contributed by atoms with van der Waals surface area (Å²) in [6, 6.07) is 9.32. The Bertz CT molecular complexity index is 623. The number of nitrogen functional groups attached to an aromatic ring is 1. The molecule has 0 heterocycles. The van der Waals surface area contributed by atoms with Gasteiger partial charge in [-0.15, -0.1) is 0 Å². The molecule has 19 heavy (non-hydrogen) atoms. The molecule has 0 aromatic heterocycles. The number of benzene rings is 2. The van der Waals surface area contributed by atoms with E-state index < -0.39 is 5.82 Å². The Hall–Kier alpha value is -1.88. The summed E-state index contributed by atoms with van der Waals surface area (Å²) in [5.41, 5.74) is 7.73. The van der Waals surface area contributed by atoms with Gasteiger partial charge in [0.05, 0.1) is 11.3 Å². The van der Waals surface area contributed by atoms with Crippen molar-refractivity contribution in [1.82, 2.24) is 0 Å². The standard InChI is InChI=1S/C14H12BrFN2O/c1-8-3-2-4-11(17)13(8)14(19)18-12-7-9(16)5-6-10(12)15/h2-7H,17H2,1H3,(H,18,19). The Morgan fingerprint density at radius 3 is 2.74 bits per heavy atom. The second-order valence-electron chi connectivity index (χ2n) is 4.12. The molecule has 2 rings (SSSR count). The van der Waals surface area contributed by atoms with Crippen LogP contribution in [0.25, 0.3) is 0 Å². The first-order chi connectivity index (χ1) is 8.99. The molecule has 3 N–H and O–H groups in total. The van der Waals surface area contributed by atoms with Gasteiger partial charge in [-0.1, -0.05) is 12.1 Å². The third-order valence-corrected chi connectivity index (χ3v) is 3.40. The van der Waals surface area contributed by atoms with Gasteiger partial charge in [0.25, 0.3) is 5.91 Å². The molecular weight excluding hydrogens is 311 g/mol. The van der Waals surface area contributed by atoms with Gasteiger partial charge < -0.3 is 11.1 Å². The molecule has 0 bridgehead atoms. The van der Waals surface area contributed by atoms with Crippen molar-refractivity contribution >= 4 is 33.2 Å². The lowest BCUT2D eigenvalue weighted by molar-refractivity contribution is 0.102. The molecule has 2 aromatic carbocycles. The molecule has 0 aliphatic heterocycles. The smallest absolute Gasteiger partial charge is 0.258 e. The third kappa shape index (κ3) is 2.93. The van der Waals surface area contributed by atoms with Gasteiger partial charge in [0.15, 0.2) is 0 Å². The molecule has 5 heteroatoms. The summed E-state index contributed by atoms with van der Waals surface area (Å²) in [5, 5.41) is 2.64. The fraction of sp³-hybridized carbons (Fsp3) is 0.0714. The predicted octanol–water partition coefficient (Wildman–Crippen LogP) is 3.73. The van der Waals surface area contributed by atoms with Crippen molar-refractivity contribution in [2.75, 3.05) is 11.1 Å². The molecule has 0 saturated heterocycles. The van der Waals surface area contributed by atoms with Crippen LogP contribution in [0, 0.1) is 12.7 Å². The van der Waals surface area contributed by atoms with E-state index in [2.05, 4.69) is 21.2 Å². The van der Waals surface area contributed by atoms with Crippen LogP contribution in [0.4, 0.5) is 15.8 Å². The summed E-state index contributed by atoms with van der Waals surface area (Å²) in [4.78, 5) is 12.2. The molecule has 0 spiro atoms. The number of nitrogens with one attached hydrogen (secondary N) is 1. The number of carbonyl (C=O) groups excluding carboxylic acids is 1. The number of rotatable bonds is 2. The lowest BCUT2D eigenvalue weighted by Gasteiger charge is -2.11. The maximum atomic E-state index is 13.2. The molecule has 0 aliphatic rings. The quantitative estimate of drug-likeness (QED) is 0.828. The molecule has 3 nitrogen and oxygen atoms in total. The molecule has 0 saturated carbocycles. The second kappa shape index (κ2) is 5.40. The number of carbonyl (C=O) groups is 1. The summed E-state index contributed by atoms with van der Waals surface area (Å²) < 4.78 is 13.8. The van der Waals surface area contributed by atoms with Crippen LogP contribution in [-0.4, -0.2) is 5.91 Å². The minimum Gasteiger partial charge on any atom is -0.398 e. The van der Waals surface area contributed by atoms with Crippen molar-refractivity contribution in [1.29, 1.82) is 0 Å². The fourth-order valence-electron chi connectivity index (χ4n) is 1.78. The third-order valence-electron chi connectivity index (χ3n) is 2.71. The number of amides is 1. The number of hydrogen-bond acceptors (Lipinski definition) is 2. The zero-order chi connectivity index (χ0) is 14.0. The number of aryl methyl sites for hydroxylation is 1. The summed E-state index contributed by atoms with van der Waals surface area (Å²) >= 11 is 3.26. The number of nitrogens with two attached hydrogens (primary N) is 1. The maximum Gasteiger partial charge on any atom is 0.258 e. The molecule has 1 amide bonds. The molecule has 2 aromatic rings. The maximum absolute atomic E-state index is 13.2. The van der Waals surface area contributed by atoms with Gasteiger partial charge in [0.1, 0.15) is 5.82 Å². The van der Waals surface area contributed by atoms with Crippen molar-refractivity contribution in [2.45, 2.75) is 6.92 Å². The van der Waals surface area contributed by atoms with Crippen LogP contribution >= 0.6 is 15.9 Å². The average molecular weight is 323 g/mol. The first-order valence-corrected chi connectivity index (χ1v) is 6.40. The van der Waals surface area contributed by atoms with E-state index >= 15 is 0 Å². The van der Waals surface area contributed by atoms with E-state index in [-0.39, 0.29) is 5.91 Å². The van der Waals surface area contributed by atoms with Gasteiger partial charge in [-0.2, -0.15) is 0 Å². The Kier molecular flexibility index (Phi) is 3.85. The Balaban J connectivity index is 2.34. The first kappa shape index (κ1) is 13.5. The minimum absolute atomic E-state index is 0.359. The van der Waals surface area contributed by atoms with Crippen molar-refractivity contribution in [3.05, 3.63) is 57.8 Å². The van der Waals surface area contributed by atoms with Gasteiger partial charge >= 0.3 is 0 Å². The van der Waals surface area contributed by atoms with Crippen LogP contribution in [-0.2, 0) is 0 Å². The Morgan fingerprint density at radius 2 is 2.05 bits per heavy atom. The molecule has 0 fully saturated rings. The molecule has 0 atom stereocenters. The highest BCUT2D eigenvalue weighted by molar-refractivity contribution is 9.10. The average Bonchev–Trinajstić information content (AvgIpc) is 2.33. The highest BCUT2D eigenvalue weighted by Crippen LogP contribution is 2.25. The lowest BCUT2D eigenvalue weighted by Crippen LogP contribution is -2.16. The van der Waals surface area contributed by atoms with Crippen LogP contribution in [0.5, 0.6) is 0 Å². The van der Waals surface area contributed by atoms with Crippen molar-refractivity contribution < 1.29 is 9.18 Å². The van der Waals surface area contributed by atoms with Crippen LogP contribution in [0.15, 0.2) is 40.9 Å². The topological polar surface area (TPSA) is 55.1 Å². The largest absolute Gasteiger partial charge is 0.398 e. The van der Waals surface area contributed by atoms with E-state index in [1.54, 1.807) is 25.1 Å². The molecule has 98 valence electrons. The number of halogens is 2. The minimum atomic E-state index is -0.420. The van der Waals surface area contributed by atoms with Crippen molar-refractivity contribution in [3.63, 3.8) is 0 Å². The summed E-state index contributed by atoms with van der Waals surface area (Å²) in [5.74, 6) is -0.779. The van der Waals surface area contributed by atoms with E-state index in [0.717, 1.165) is 5.56 Å². The Labute approximate surface area is 118 Å². The number of anilines is 2. The number of hydrogen-bond donors (Lipinski definition) is 2. The highest BCUT2D eigenvalue weighted by atomic mass is 79.9. The monoisotopic (exact) mass is 322 g/mol. The molecule has 0 radical (unpaired) electrons. The first-order valence-electron chi connectivity index (χ1n) is 5.60. The molecule has 0 aliphatic carbocycles. The van der Waals surface area contributed by atoms with Crippen LogP contribution in [0.2, 0.25) is 0 Å². The van der Waals surface area contributed by atoms with Gasteiger partial charge in [-0.05, 0) is 52.7 Å². The summed E-state index contributed by atoms with van der Waals surface area (Å²) in [6.45, 7) is 1.80. The zero-order valence-corrected chi connectivity index (χ0v) is 11.8. The van der Waals surface area contributed by atoms with Crippen LogP contribution in [0.3, 0.4) is 0 Å². The fourth-order valence-corrected chi connectivity index (χ4v) is 2.12. The molecule has 0 unspecified atom stereocenters. The normalized spacial score (nSPS) is 10.3. The van der Waals surface area contributed by atoms with Gasteiger partial charge in [0.2, 0.25) is 0 Å². The second-order valence-corrected chi connectivity index (χ2v) is 4.97. The van der Waals surface area contributed by atoms with Gasteiger partial charge in [0, 0.05) is 10.2 Å². The summed E-state index contributed by atoms with van der Waals surface area (Å²) in [7, 11) is 0. The predicted molar refractivity (Wildman–Crippen MR) is 77.6 cm³/mol. The van der Waals surface area contributed by atoms with Gasteiger partial charge in [-0.25, -0.2) is 4.39 Å². The Morgan fingerprint density at radius 1 is 1.32 bits per heavy atom. The highest BCUT2D eigenvalue weighted by Gasteiger charge is 2.14. The van der Waals surface area contributed by atoms with E-state index in [1.165, 1.54) is 18.2 Å². The molecular formula is C14H12BrFN2O. The van der Waals surface area contributed by atoms with Crippen LogP contribution in [0.1, 0.15) is 15.9 Å². The van der Waals surface area contributed by atoms with E-state index in [9.17, 15) is 9.18 Å². The zero-order valence-electron chi connectivity index (χ0n) is 10.2. The lowest BCUT2D eigenvalue weighted by atomic mass is 10.1. The van der Waals surface area contributed by atoms with Crippen LogP contribution < -0.4 is 11.1 Å². The SMILES string of the molecule is Cc1cccc(N)c1C(=O)Nc1cc(F)ccc1Br. The van der Waals surface area contributed by atoms with E-state index in [4.69, 9.17) is 5.73 Å².